The van der Waals surface area contributed by atoms with E-state index < -0.39 is 12.0 Å². The van der Waals surface area contributed by atoms with Crippen LogP contribution < -0.4 is 11.1 Å². The second-order valence-electron chi connectivity index (χ2n) is 3.68. The highest BCUT2D eigenvalue weighted by Gasteiger charge is 2.12. The van der Waals surface area contributed by atoms with E-state index in [1.165, 1.54) is 0 Å². The summed E-state index contributed by atoms with van der Waals surface area (Å²) < 4.78 is 0. The first-order chi connectivity index (χ1) is 8.04. The minimum absolute atomic E-state index is 0.177. The van der Waals surface area contributed by atoms with Gasteiger partial charge in [0.05, 0.1) is 6.54 Å². The van der Waals surface area contributed by atoms with Crippen LogP contribution >= 0.6 is 0 Å². The molecule has 0 aliphatic heterocycles. The molecule has 2 amide bonds. The van der Waals surface area contributed by atoms with E-state index >= 15 is 0 Å². The second-order valence-corrected chi connectivity index (χ2v) is 3.68. The normalized spacial score (nSPS) is 11.9. The molecule has 0 saturated heterocycles. The molecule has 0 bridgehead atoms. The molecule has 0 heterocycles. The van der Waals surface area contributed by atoms with Crippen molar-refractivity contribution < 1.29 is 14.7 Å². The van der Waals surface area contributed by atoms with Crippen LogP contribution in [0.2, 0.25) is 0 Å². The molecule has 0 radical (unpaired) electrons. The molecule has 1 atom stereocenters. The molecule has 0 spiro atoms. The van der Waals surface area contributed by atoms with Gasteiger partial charge in [-0.1, -0.05) is 19.1 Å². The van der Waals surface area contributed by atoms with Crippen LogP contribution in [-0.2, 0) is 11.2 Å². The smallest absolute Gasteiger partial charge is 0.251 e. The molecule has 5 nitrogen and oxygen atoms in total. The van der Waals surface area contributed by atoms with E-state index in [4.69, 9.17) is 10.8 Å². The van der Waals surface area contributed by atoms with Crippen molar-refractivity contribution in [2.24, 2.45) is 5.73 Å². The fourth-order valence-corrected chi connectivity index (χ4v) is 1.28. The predicted octanol–water partition coefficient (Wildman–Crippen LogP) is -0.175. The summed E-state index contributed by atoms with van der Waals surface area (Å²) in [5, 5.41) is 11.5. The highest BCUT2D eigenvalue weighted by molar-refractivity contribution is 5.94. The molecular weight excluding hydrogens is 220 g/mol. The van der Waals surface area contributed by atoms with Crippen LogP contribution in [0.15, 0.2) is 24.3 Å². The molecule has 0 fully saturated rings. The molecule has 1 unspecified atom stereocenters. The number of rotatable bonds is 5. The largest absolute Gasteiger partial charge is 0.381 e. The van der Waals surface area contributed by atoms with E-state index in [-0.39, 0.29) is 12.5 Å². The van der Waals surface area contributed by atoms with E-state index in [1.54, 1.807) is 12.1 Å². The van der Waals surface area contributed by atoms with Crippen LogP contribution in [0.3, 0.4) is 0 Å². The van der Waals surface area contributed by atoms with Crippen LogP contribution in [0.25, 0.3) is 0 Å². The zero-order valence-corrected chi connectivity index (χ0v) is 9.64. The van der Waals surface area contributed by atoms with Crippen molar-refractivity contribution in [2.45, 2.75) is 19.4 Å². The lowest BCUT2D eigenvalue weighted by Crippen LogP contribution is -2.39. The Hall–Kier alpha value is -1.88. The van der Waals surface area contributed by atoms with Crippen LogP contribution in [0.4, 0.5) is 0 Å². The number of aliphatic hydroxyl groups is 1. The van der Waals surface area contributed by atoms with Gasteiger partial charge >= 0.3 is 0 Å². The number of nitrogens with two attached hydrogens (primary N) is 1. The lowest BCUT2D eigenvalue weighted by Gasteiger charge is -2.08. The lowest BCUT2D eigenvalue weighted by molar-refractivity contribution is -0.125. The van der Waals surface area contributed by atoms with Gasteiger partial charge in [-0.2, -0.15) is 0 Å². The molecular formula is C12H16N2O3. The number of nitrogens with one attached hydrogen (secondary N) is 1. The van der Waals surface area contributed by atoms with Crippen molar-refractivity contribution in [1.82, 2.24) is 5.32 Å². The zero-order valence-electron chi connectivity index (χ0n) is 9.64. The molecule has 0 aliphatic rings. The first kappa shape index (κ1) is 13.2. The third-order valence-electron chi connectivity index (χ3n) is 2.41. The highest BCUT2D eigenvalue weighted by atomic mass is 16.3. The van der Waals surface area contributed by atoms with Gasteiger partial charge < -0.3 is 16.2 Å². The summed E-state index contributed by atoms with van der Waals surface area (Å²) >= 11 is 0. The van der Waals surface area contributed by atoms with Crippen molar-refractivity contribution in [1.29, 1.82) is 0 Å². The van der Waals surface area contributed by atoms with Crippen molar-refractivity contribution in [3.8, 4) is 0 Å². The van der Waals surface area contributed by atoms with Gasteiger partial charge in [-0.15, -0.1) is 0 Å². The number of hydrogen-bond donors (Lipinski definition) is 3. The Balaban J connectivity index is 2.55. The van der Waals surface area contributed by atoms with Crippen LogP contribution in [0.5, 0.6) is 0 Å². The van der Waals surface area contributed by atoms with Crippen LogP contribution in [0.1, 0.15) is 22.8 Å². The zero-order chi connectivity index (χ0) is 12.8. The first-order valence-corrected chi connectivity index (χ1v) is 5.39. The van der Waals surface area contributed by atoms with E-state index in [1.807, 2.05) is 19.1 Å². The van der Waals surface area contributed by atoms with Gasteiger partial charge in [-0.05, 0) is 24.1 Å². The lowest BCUT2D eigenvalue weighted by atomic mass is 10.1. The molecule has 1 rings (SSSR count). The Morgan fingerprint density at radius 2 is 1.94 bits per heavy atom. The molecule has 0 aliphatic carbocycles. The van der Waals surface area contributed by atoms with E-state index in [2.05, 4.69) is 5.32 Å². The number of carbonyl (C=O) groups is 2. The van der Waals surface area contributed by atoms with Crippen molar-refractivity contribution in [3.05, 3.63) is 35.4 Å². The summed E-state index contributed by atoms with van der Waals surface area (Å²) in [5.41, 5.74) is 6.48. The number of aryl methyl sites for hydroxylation is 1. The van der Waals surface area contributed by atoms with Gasteiger partial charge in [-0.3, -0.25) is 9.59 Å². The van der Waals surface area contributed by atoms with Gasteiger partial charge in [0.15, 0.2) is 0 Å². The Morgan fingerprint density at radius 1 is 1.35 bits per heavy atom. The number of carbonyl (C=O) groups excluding carboxylic acids is 2. The summed E-state index contributed by atoms with van der Waals surface area (Å²) in [6.45, 7) is 1.85. The summed E-state index contributed by atoms with van der Waals surface area (Å²) in [7, 11) is 0. The number of primary amides is 1. The maximum absolute atomic E-state index is 11.6. The van der Waals surface area contributed by atoms with E-state index in [9.17, 15) is 9.59 Å². The van der Waals surface area contributed by atoms with Gasteiger partial charge in [0.25, 0.3) is 5.91 Å². The number of aliphatic hydroxyl groups excluding tert-OH is 1. The van der Waals surface area contributed by atoms with Gasteiger partial charge in [0.1, 0.15) is 6.10 Å². The maximum atomic E-state index is 11.6. The highest BCUT2D eigenvalue weighted by Crippen LogP contribution is 2.04. The second kappa shape index (κ2) is 6.00. The molecule has 92 valence electrons. The average Bonchev–Trinajstić information content (AvgIpc) is 2.35. The molecule has 1 aromatic rings. The molecule has 5 heteroatoms. The number of hydrogen-bond acceptors (Lipinski definition) is 3. The minimum Gasteiger partial charge on any atom is -0.381 e. The summed E-state index contributed by atoms with van der Waals surface area (Å²) in [6.07, 6.45) is -0.448. The third kappa shape index (κ3) is 3.88. The fourth-order valence-electron chi connectivity index (χ4n) is 1.28. The topological polar surface area (TPSA) is 92.4 Å². The summed E-state index contributed by atoms with van der Waals surface area (Å²) in [4.78, 5) is 22.1. The van der Waals surface area contributed by atoms with E-state index in [0.717, 1.165) is 12.0 Å². The standard InChI is InChI=1S/C12H16N2O3/c1-2-8-3-5-9(6-4-8)12(17)14-7-10(15)11(13)16/h3-6,10,15H,2,7H2,1H3,(H2,13,16)(H,14,17). The monoisotopic (exact) mass is 236 g/mol. The van der Waals surface area contributed by atoms with E-state index in [0.29, 0.717) is 5.56 Å². The SMILES string of the molecule is CCc1ccc(C(=O)NCC(O)C(N)=O)cc1. The Labute approximate surface area is 99.6 Å². The summed E-state index contributed by atoms with van der Waals surface area (Å²) in [6, 6.07) is 7.12. The number of benzene rings is 1. The van der Waals surface area contributed by atoms with Crippen molar-refractivity contribution in [3.63, 3.8) is 0 Å². The third-order valence-corrected chi connectivity index (χ3v) is 2.41. The quantitative estimate of drug-likeness (QED) is 0.662. The molecule has 0 aromatic heterocycles. The first-order valence-electron chi connectivity index (χ1n) is 5.39. The van der Waals surface area contributed by atoms with Gasteiger partial charge in [0.2, 0.25) is 5.91 Å². The molecule has 17 heavy (non-hydrogen) atoms. The average molecular weight is 236 g/mol. The minimum atomic E-state index is -1.35. The van der Waals surface area contributed by atoms with Crippen molar-refractivity contribution in [2.75, 3.05) is 6.54 Å². The van der Waals surface area contributed by atoms with Gasteiger partial charge in [-0.25, -0.2) is 0 Å². The Kier molecular flexibility index (Phi) is 4.66. The summed E-state index contributed by atoms with van der Waals surface area (Å²) in [5.74, 6) is -1.19. The van der Waals surface area contributed by atoms with Crippen molar-refractivity contribution >= 4 is 11.8 Å². The maximum Gasteiger partial charge on any atom is 0.251 e. The Bertz CT molecular complexity index is 401. The van der Waals surface area contributed by atoms with Crippen LogP contribution in [0, 0.1) is 0 Å². The Morgan fingerprint density at radius 3 is 2.41 bits per heavy atom. The predicted molar refractivity (Wildman–Crippen MR) is 63.4 cm³/mol. The van der Waals surface area contributed by atoms with Crippen LogP contribution in [-0.4, -0.2) is 29.6 Å². The molecule has 1 aromatic carbocycles. The number of amides is 2. The van der Waals surface area contributed by atoms with Gasteiger partial charge in [0, 0.05) is 5.56 Å². The molecule has 0 saturated carbocycles. The fraction of sp³-hybridized carbons (Fsp3) is 0.333. The molecule has 4 N–H and O–H groups in total.